The molecule has 0 bridgehead atoms. The van der Waals surface area contributed by atoms with Gasteiger partial charge in [-0.25, -0.2) is 10.0 Å². The van der Waals surface area contributed by atoms with Gasteiger partial charge in [0.1, 0.15) is 0 Å². The third kappa shape index (κ3) is 3.55. The number of benzene rings is 4. The van der Waals surface area contributed by atoms with Crippen LogP contribution in [0, 0.1) is 0 Å². The van der Waals surface area contributed by atoms with E-state index in [1.165, 1.54) is 9.91 Å². The molecule has 0 unspecified atom stereocenters. The zero-order chi connectivity index (χ0) is 25.7. The highest BCUT2D eigenvalue weighted by molar-refractivity contribution is 6.33. The Bertz CT molecular complexity index is 1490. The number of hydrogen-bond acceptors (Lipinski definition) is 5. The van der Waals surface area contributed by atoms with E-state index in [-0.39, 0.29) is 6.54 Å². The summed E-state index contributed by atoms with van der Waals surface area (Å²) in [7, 11) is 0. The Hall–Kier alpha value is -4.62. The Kier molecular flexibility index (Phi) is 5.43. The molecule has 37 heavy (non-hydrogen) atoms. The number of carbonyl (C=O) groups is 4. The Balaban J connectivity index is 1.49. The van der Waals surface area contributed by atoms with Gasteiger partial charge >= 0.3 is 0 Å². The number of nitrogens with zero attached hydrogens (tertiary/aromatic N) is 3. The van der Waals surface area contributed by atoms with E-state index in [9.17, 15) is 19.2 Å². The fraction of sp³-hybridized carbons (Fsp3) is 0.133. The molecule has 7 nitrogen and oxygen atoms in total. The predicted molar refractivity (Wildman–Crippen MR) is 138 cm³/mol. The molecule has 0 spiro atoms. The van der Waals surface area contributed by atoms with Gasteiger partial charge in [-0.1, -0.05) is 60.7 Å². The second kappa shape index (κ2) is 8.80. The number of carbonyl (C=O) groups excluding carboxylic acids is 4. The third-order valence-electron chi connectivity index (χ3n) is 6.97. The topological polar surface area (TPSA) is 78.0 Å². The van der Waals surface area contributed by atoms with E-state index in [4.69, 9.17) is 0 Å². The molecule has 0 saturated heterocycles. The average Bonchev–Trinajstić information content (AvgIpc) is 2.92. The van der Waals surface area contributed by atoms with Crippen LogP contribution in [0.5, 0.6) is 0 Å². The van der Waals surface area contributed by atoms with Gasteiger partial charge in [-0.3, -0.25) is 24.1 Å². The van der Waals surface area contributed by atoms with Crippen LogP contribution in [0.1, 0.15) is 59.5 Å². The van der Waals surface area contributed by atoms with E-state index in [2.05, 4.69) is 0 Å². The maximum Gasteiger partial charge on any atom is 0.276 e. The van der Waals surface area contributed by atoms with Crippen molar-refractivity contribution >= 4 is 34.4 Å². The maximum atomic E-state index is 13.9. The average molecular weight is 490 g/mol. The normalized spacial score (nSPS) is 14.8. The minimum atomic E-state index is -0.481. The van der Waals surface area contributed by atoms with E-state index >= 15 is 0 Å². The molecule has 0 fully saturated rings. The molecule has 182 valence electrons. The first-order chi connectivity index (χ1) is 18.0. The highest BCUT2D eigenvalue weighted by Crippen LogP contribution is 2.38. The second-order valence-corrected chi connectivity index (χ2v) is 9.14. The summed E-state index contributed by atoms with van der Waals surface area (Å²) < 4.78 is 0. The fourth-order valence-electron chi connectivity index (χ4n) is 5.24. The molecular formula is C30H23N3O4. The molecule has 0 aliphatic carbocycles. The maximum absolute atomic E-state index is 13.9. The van der Waals surface area contributed by atoms with Gasteiger partial charge in [0.2, 0.25) is 0 Å². The molecule has 7 heteroatoms. The van der Waals surface area contributed by atoms with Gasteiger partial charge in [-0.2, -0.15) is 0 Å². The molecule has 4 amide bonds. The molecular weight excluding hydrogens is 466 g/mol. The van der Waals surface area contributed by atoms with E-state index < -0.39 is 23.6 Å². The molecule has 0 N–H and O–H groups in total. The van der Waals surface area contributed by atoms with Crippen LogP contribution in [0.3, 0.4) is 0 Å². The molecule has 2 aliphatic heterocycles. The summed E-state index contributed by atoms with van der Waals surface area (Å²) in [4.78, 5) is 55.1. The summed E-state index contributed by atoms with van der Waals surface area (Å²) >= 11 is 0. The van der Waals surface area contributed by atoms with Crippen LogP contribution in [0.15, 0.2) is 84.9 Å². The SMILES string of the molecule is CCN1C(=O)c2ccc3c4c(ccc(c24)C1=O)C(=O)N(N(Cc1ccccc1)Cc1ccccc1)C3=O. The molecule has 0 aromatic heterocycles. The van der Waals surface area contributed by atoms with Crippen LogP contribution in [0.4, 0.5) is 0 Å². The Morgan fingerprint density at radius 1 is 0.541 bits per heavy atom. The van der Waals surface area contributed by atoms with Crippen molar-refractivity contribution in [3.8, 4) is 0 Å². The molecule has 4 aromatic rings. The number of rotatable bonds is 6. The Morgan fingerprint density at radius 2 is 0.919 bits per heavy atom. The Labute approximate surface area is 213 Å². The minimum Gasteiger partial charge on any atom is -0.275 e. The van der Waals surface area contributed by atoms with Crippen molar-refractivity contribution < 1.29 is 19.2 Å². The lowest BCUT2D eigenvalue weighted by molar-refractivity contribution is -0.0120. The Morgan fingerprint density at radius 3 is 1.30 bits per heavy atom. The van der Waals surface area contributed by atoms with Crippen molar-refractivity contribution in [1.29, 1.82) is 0 Å². The van der Waals surface area contributed by atoms with Crippen molar-refractivity contribution in [3.05, 3.63) is 118 Å². The van der Waals surface area contributed by atoms with Crippen molar-refractivity contribution in [1.82, 2.24) is 14.9 Å². The zero-order valence-corrected chi connectivity index (χ0v) is 20.2. The predicted octanol–water partition coefficient (Wildman–Crippen LogP) is 4.67. The molecule has 0 radical (unpaired) electrons. The lowest BCUT2D eigenvalue weighted by atomic mass is 9.86. The largest absolute Gasteiger partial charge is 0.276 e. The lowest BCUT2D eigenvalue weighted by Crippen LogP contribution is -2.51. The number of hydrogen-bond donors (Lipinski definition) is 0. The van der Waals surface area contributed by atoms with Crippen molar-refractivity contribution in [2.24, 2.45) is 0 Å². The van der Waals surface area contributed by atoms with Gasteiger partial charge in [0.25, 0.3) is 23.6 Å². The van der Waals surface area contributed by atoms with Crippen LogP contribution in [0.25, 0.3) is 10.8 Å². The van der Waals surface area contributed by atoms with Gasteiger partial charge in [-0.05, 0) is 42.3 Å². The second-order valence-electron chi connectivity index (χ2n) is 9.14. The standard InChI is InChI=1S/C30H23N3O4/c1-2-32-27(34)21-13-15-23-26-24(16-14-22(25(21)26)28(32)35)30(37)33(29(23)36)31(17-19-9-5-3-6-10-19)18-20-11-7-4-8-12-20/h3-16H,2,17-18H2,1H3. The smallest absolute Gasteiger partial charge is 0.275 e. The monoisotopic (exact) mass is 489 g/mol. The van der Waals surface area contributed by atoms with E-state index in [1.54, 1.807) is 36.2 Å². The van der Waals surface area contributed by atoms with Gasteiger partial charge < -0.3 is 0 Å². The number of hydrazine groups is 1. The first kappa shape index (κ1) is 22.8. The summed E-state index contributed by atoms with van der Waals surface area (Å²) in [5.74, 6) is -1.79. The van der Waals surface area contributed by atoms with Crippen molar-refractivity contribution in [2.75, 3.05) is 6.54 Å². The molecule has 4 aromatic carbocycles. The van der Waals surface area contributed by atoms with Crippen LogP contribution >= 0.6 is 0 Å². The summed E-state index contributed by atoms with van der Waals surface area (Å²) in [5, 5.41) is 3.70. The molecule has 6 rings (SSSR count). The fourth-order valence-corrected chi connectivity index (χ4v) is 5.24. The van der Waals surface area contributed by atoms with Crippen molar-refractivity contribution in [3.63, 3.8) is 0 Å². The summed E-state index contributed by atoms with van der Waals surface area (Å²) in [6.07, 6.45) is 0. The van der Waals surface area contributed by atoms with Gasteiger partial charge in [-0.15, -0.1) is 0 Å². The highest BCUT2D eigenvalue weighted by Gasteiger charge is 2.41. The van der Waals surface area contributed by atoms with Gasteiger partial charge in [0.05, 0.1) is 11.1 Å². The summed E-state index contributed by atoms with van der Waals surface area (Å²) in [5.41, 5.74) is 3.16. The third-order valence-corrected chi connectivity index (χ3v) is 6.97. The highest BCUT2D eigenvalue weighted by atomic mass is 16.2. The van der Waals surface area contributed by atoms with Crippen molar-refractivity contribution in [2.45, 2.75) is 20.0 Å². The van der Waals surface area contributed by atoms with Gasteiger partial charge in [0, 0.05) is 41.5 Å². The quantitative estimate of drug-likeness (QED) is 0.368. The summed E-state index contributed by atoms with van der Waals surface area (Å²) in [6.45, 7) is 2.65. The number of amides is 4. The minimum absolute atomic E-state index is 0.238. The molecule has 0 atom stereocenters. The summed E-state index contributed by atoms with van der Waals surface area (Å²) in [6, 6.07) is 25.7. The van der Waals surface area contributed by atoms with Crippen LogP contribution in [0.2, 0.25) is 0 Å². The zero-order valence-electron chi connectivity index (χ0n) is 20.2. The van der Waals surface area contributed by atoms with E-state index in [0.29, 0.717) is 46.1 Å². The first-order valence-corrected chi connectivity index (χ1v) is 12.2. The molecule has 0 saturated carbocycles. The van der Waals surface area contributed by atoms with Crippen LogP contribution in [-0.4, -0.2) is 45.1 Å². The lowest BCUT2D eigenvalue weighted by Gasteiger charge is -2.37. The first-order valence-electron chi connectivity index (χ1n) is 12.2. The van der Waals surface area contributed by atoms with Crippen LogP contribution < -0.4 is 0 Å². The van der Waals surface area contributed by atoms with Gasteiger partial charge in [0.15, 0.2) is 0 Å². The molecule has 2 heterocycles. The number of imide groups is 2. The molecule has 2 aliphatic rings. The van der Waals surface area contributed by atoms with E-state index in [0.717, 1.165) is 11.1 Å². The van der Waals surface area contributed by atoms with Crippen LogP contribution in [-0.2, 0) is 13.1 Å². The van der Waals surface area contributed by atoms with E-state index in [1.807, 2.05) is 60.7 Å².